The highest BCUT2D eigenvalue weighted by Crippen LogP contribution is 2.34. The van der Waals surface area contributed by atoms with E-state index in [1.54, 1.807) is 24.3 Å². The van der Waals surface area contributed by atoms with Gasteiger partial charge >= 0.3 is 0 Å². The van der Waals surface area contributed by atoms with Gasteiger partial charge in [0, 0.05) is 18.3 Å². The second kappa shape index (κ2) is 8.70. The van der Waals surface area contributed by atoms with Crippen LogP contribution >= 0.6 is 0 Å². The molecule has 3 aromatic rings. The van der Waals surface area contributed by atoms with Gasteiger partial charge in [-0.15, -0.1) is 0 Å². The van der Waals surface area contributed by atoms with Crippen LogP contribution in [0.3, 0.4) is 0 Å². The molecule has 0 bridgehead atoms. The topological polar surface area (TPSA) is 78.5 Å². The molecule has 0 saturated carbocycles. The van der Waals surface area contributed by atoms with Gasteiger partial charge in [0.25, 0.3) is 11.8 Å². The molecule has 0 saturated heterocycles. The van der Waals surface area contributed by atoms with Gasteiger partial charge in [-0.3, -0.25) is 14.4 Å². The monoisotopic (exact) mass is 443 g/mol. The number of benzene rings is 3. The molecule has 1 aliphatic rings. The maximum absolute atomic E-state index is 13.5. The zero-order valence-electron chi connectivity index (χ0n) is 18.4. The Hall–Kier alpha value is -4.26. The quantitative estimate of drug-likeness (QED) is 0.556. The third-order valence-corrected chi connectivity index (χ3v) is 5.30. The Balaban J connectivity index is 1.77. The minimum absolute atomic E-state index is 0.115. The fraction of sp³-hybridized carbons (Fsp3) is 0.115. The Kier molecular flexibility index (Phi) is 5.79. The van der Waals surface area contributed by atoms with Crippen LogP contribution in [0.5, 0.6) is 0 Å². The van der Waals surface area contributed by atoms with Crippen molar-refractivity contribution >= 4 is 40.4 Å². The molecular weight excluding hydrogens is 421 g/mol. The average molecular weight is 443 g/mol. The lowest BCUT2D eigenvalue weighted by atomic mass is 10.0. The standard InChI is InChI=1S/C26H22FN3O3/c1-15-4-13-22(16(2)14-15)29-24-23(18-5-7-19(27)8-6-18)25(32)30(26(24)33)21-11-9-20(10-12-21)28-17(3)31/h4-14,29H,1-3H3,(H,28,31). The number of aryl methyl sites for hydroxylation is 2. The Bertz CT molecular complexity index is 1300. The van der Waals surface area contributed by atoms with E-state index in [2.05, 4.69) is 10.6 Å². The van der Waals surface area contributed by atoms with Crippen molar-refractivity contribution in [3.8, 4) is 0 Å². The molecule has 0 aromatic heterocycles. The van der Waals surface area contributed by atoms with E-state index in [9.17, 15) is 18.8 Å². The van der Waals surface area contributed by atoms with E-state index in [1.165, 1.54) is 31.2 Å². The zero-order chi connectivity index (χ0) is 23.7. The predicted octanol–water partition coefficient (Wildman–Crippen LogP) is 4.80. The zero-order valence-corrected chi connectivity index (χ0v) is 18.4. The molecule has 0 aliphatic carbocycles. The first kappa shape index (κ1) is 22.0. The summed E-state index contributed by atoms with van der Waals surface area (Å²) in [6.07, 6.45) is 0. The van der Waals surface area contributed by atoms with Gasteiger partial charge in [0.1, 0.15) is 11.5 Å². The van der Waals surface area contributed by atoms with Gasteiger partial charge in [-0.1, -0.05) is 29.8 Å². The Morgan fingerprint density at radius 2 is 1.55 bits per heavy atom. The minimum Gasteiger partial charge on any atom is -0.350 e. The lowest BCUT2D eigenvalue weighted by Crippen LogP contribution is -2.32. The summed E-state index contributed by atoms with van der Waals surface area (Å²) in [7, 11) is 0. The average Bonchev–Trinajstić information content (AvgIpc) is 3.00. The largest absolute Gasteiger partial charge is 0.350 e. The van der Waals surface area contributed by atoms with E-state index in [4.69, 9.17) is 0 Å². The number of nitrogens with one attached hydrogen (secondary N) is 2. The Labute approximate surface area is 190 Å². The van der Waals surface area contributed by atoms with Crippen LogP contribution in [0.15, 0.2) is 72.4 Å². The third kappa shape index (κ3) is 4.39. The Morgan fingerprint density at radius 3 is 2.15 bits per heavy atom. The van der Waals surface area contributed by atoms with Crippen LogP contribution in [0, 0.1) is 19.7 Å². The predicted molar refractivity (Wildman–Crippen MR) is 126 cm³/mol. The van der Waals surface area contributed by atoms with Crippen LogP contribution in [0.4, 0.5) is 21.5 Å². The van der Waals surface area contributed by atoms with Crippen LogP contribution < -0.4 is 15.5 Å². The van der Waals surface area contributed by atoms with E-state index >= 15 is 0 Å². The summed E-state index contributed by atoms with van der Waals surface area (Å²) in [5.74, 6) is -1.71. The summed E-state index contributed by atoms with van der Waals surface area (Å²) >= 11 is 0. The van der Waals surface area contributed by atoms with Crippen LogP contribution in [0.1, 0.15) is 23.6 Å². The van der Waals surface area contributed by atoms with Crippen molar-refractivity contribution in [1.82, 2.24) is 0 Å². The highest BCUT2D eigenvalue weighted by atomic mass is 19.1. The van der Waals surface area contributed by atoms with Crippen molar-refractivity contribution in [2.24, 2.45) is 0 Å². The first-order valence-electron chi connectivity index (χ1n) is 10.4. The molecule has 0 unspecified atom stereocenters. The van der Waals surface area contributed by atoms with Gasteiger partial charge in [-0.2, -0.15) is 0 Å². The molecule has 33 heavy (non-hydrogen) atoms. The van der Waals surface area contributed by atoms with E-state index < -0.39 is 17.6 Å². The molecule has 0 radical (unpaired) electrons. The van der Waals surface area contributed by atoms with Gasteiger partial charge in [0.05, 0.1) is 11.3 Å². The molecule has 0 fully saturated rings. The molecule has 1 heterocycles. The fourth-order valence-electron chi connectivity index (χ4n) is 3.75. The maximum atomic E-state index is 13.5. The highest BCUT2D eigenvalue weighted by Gasteiger charge is 2.40. The molecule has 6 nitrogen and oxygen atoms in total. The van der Waals surface area contributed by atoms with Crippen molar-refractivity contribution in [1.29, 1.82) is 0 Å². The van der Waals surface area contributed by atoms with Crippen LogP contribution in [0.25, 0.3) is 5.57 Å². The number of halogens is 1. The van der Waals surface area contributed by atoms with Crippen LogP contribution in [0.2, 0.25) is 0 Å². The number of imide groups is 1. The number of carbonyl (C=O) groups is 3. The van der Waals surface area contributed by atoms with Crippen molar-refractivity contribution in [2.45, 2.75) is 20.8 Å². The summed E-state index contributed by atoms with van der Waals surface area (Å²) in [4.78, 5) is 39.2. The van der Waals surface area contributed by atoms with Gasteiger partial charge in [0.15, 0.2) is 0 Å². The molecule has 3 amide bonds. The lowest BCUT2D eigenvalue weighted by Gasteiger charge is -2.16. The summed E-state index contributed by atoms with van der Waals surface area (Å²) in [5.41, 5.74) is 4.29. The number of rotatable bonds is 5. The number of anilines is 3. The SMILES string of the molecule is CC(=O)Nc1ccc(N2C(=O)C(Nc3ccc(C)cc3C)=C(c3ccc(F)cc3)C2=O)cc1. The van der Waals surface area contributed by atoms with E-state index in [0.29, 0.717) is 22.6 Å². The number of nitrogens with zero attached hydrogens (tertiary/aromatic N) is 1. The van der Waals surface area contributed by atoms with Gasteiger partial charge < -0.3 is 10.6 Å². The fourth-order valence-corrected chi connectivity index (χ4v) is 3.75. The van der Waals surface area contributed by atoms with Crippen molar-refractivity contribution in [3.05, 3.63) is 94.9 Å². The molecule has 166 valence electrons. The molecular formula is C26H22FN3O3. The normalized spacial score (nSPS) is 13.5. The summed E-state index contributed by atoms with van der Waals surface area (Å²) in [6, 6.07) is 17.6. The molecule has 1 aliphatic heterocycles. The van der Waals surface area contributed by atoms with E-state index in [-0.39, 0.29) is 17.2 Å². The molecule has 3 aromatic carbocycles. The molecule has 2 N–H and O–H groups in total. The van der Waals surface area contributed by atoms with Crippen molar-refractivity contribution < 1.29 is 18.8 Å². The number of amides is 3. The van der Waals surface area contributed by atoms with Gasteiger partial charge in [-0.25, -0.2) is 9.29 Å². The lowest BCUT2D eigenvalue weighted by molar-refractivity contribution is -0.120. The van der Waals surface area contributed by atoms with Crippen molar-refractivity contribution in [3.63, 3.8) is 0 Å². The first-order chi connectivity index (χ1) is 15.7. The maximum Gasteiger partial charge on any atom is 0.282 e. The van der Waals surface area contributed by atoms with Crippen molar-refractivity contribution in [2.75, 3.05) is 15.5 Å². The number of hydrogen-bond acceptors (Lipinski definition) is 4. The third-order valence-electron chi connectivity index (χ3n) is 5.30. The molecule has 7 heteroatoms. The van der Waals surface area contributed by atoms with Crippen LogP contribution in [-0.2, 0) is 14.4 Å². The van der Waals surface area contributed by atoms with E-state index in [0.717, 1.165) is 16.0 Å². The molecule has 4 rings (SSSR count). The second-order valence-corrected chi connectivity index (χ2v) is 7.87. The highest BCUT2D eigenvalue weighted by molar-refractivity contribution is 6.46. The number of carbonyl (C=O) groups excluding carboxylic acids is 3. The molecule has 0 atom stereocenters. The summed E-state index contributed by atoms with van der Waals surface area (Å²) in [6.45, 7) is 5.27. The smallest absolute Gasteiger partial charge is 0.282 e. The molecule has 0 spiro atoms. The second-order valence-electron chi connectivity index (χ2n) is 7.87. The number of hydrogen-bond donors (Lipinski definition) is 2. The Morgan fingerprint density at radius 1 is 0.879 bits per heavy atom. The van der Waals surface area contributed by atoms with E-state index in [1.807, 2.05) is 32.0 Å². The first-order valence-corrected chi connectivity index (χ1v) is 10.4. The van der Waals surface area contributed by atoms with Gasteiger partial charge in [-0.05, 0) is 67.4 Å². The van der Waals surface area contributed by atoms with Gasteiger partial charge in [0.2, 0.25) is 5.91 Å². The summed E-state index contributed by atoms with van der Waals surface area (Å²) < 4.78 is 13.5. The van der Waals surface area contributed by atoms with Crippen LogP contribution in [-0.4, -0.2) is 17.7 Å². The summed E-state index contributed by atoms with van der Waals surface area (Å²) in [5, 5.41) is 5.79. The minimum atomic E-state index is -0.522.